The van der Waals surface area contributed by atoms with Crippen LogP contribution < -0.4 is 10.1 Å². The van der Waals surface area contributed by atoms with Crippen molar-refractivity contribution in [2.45, 2.75) is 25.9 Å². The number of ether oxygens (including phenoxy) is 1. The van der Waals surface area contributed by atoms with E-state index >= 15 is 0 Å². The number of methoxy groups -OCH3 is 1. The van der Waals surface area contributed by atoms with E-state index < -0.39 is 0 Å². The zero-order valence-electron chi connectivity index (χ0n) is 18.1. The third kappa shape index (κ3) is 4.64. The molecular formula is C24H25FN4O3. The summed E-state index contributed by atoms with van der Waals surface area (Å²) in [6.07, 6.45) is 0.896. The molecule has 0 radical (unpaired) electrons. The number of hydrogen-bond donors (Lipinski definition) is 1. The maximum atomic E-state index is 13.1. The van der Waals surface area contributed by atoms with Gasteiger partial charge in [-0.1, -0.05) is 24.3 Å². The second kappa shape index (κ2) is 9.21. The molecule has 4 rings (SSSR count). The fourth-order valence-electron chi connectivity index (χ4n) is 3.92. The van der Waals surface area contributed by atoms with Crippen LogP contribution in [0.3, 0.4) is 0 Å². The van der Waals surface area contributed by atoms with E-state index in [2.05, 4.69) is 10.4 Å². The fourth-order valence-corrected chi connectivity index (χ4v) is 3.92. The number of aryl methyl sites for hydroxylation is 1. The number of benzene rings is 2. The van der Waals surface area contributed by atoms with Gasteiger partial charge in [-0.3, -0.25) is 14.3 Å². The Hall–Kier alpha value is -3.68. The Labute approximate surface area is 185 Å². The topological polar surface area (TPSA) is 76.5 Å². The number of carbonyl (C=O) groups is 2. The number of nitrogens with one attached hydrogen (secondary N) is 1. The zero-order valence-corrected chi connectivity index (χ0v) is 18.1. The molecule has 0 atom stereocenters. The van der Waals surface area contributed by atoms with Gasteiger partial charge in [-0.2, -0.15) is 5.10 Å². The molecule has 7 nitrogen and oxygen atoms in total. The van der Waals surface area contributed by atoms with E-state index in [1.54, 1.807) is 28.8 Å². The number of halogens is 1. The Morgan fingerprint density at radius 3 is 2.69 bits per heavy atom. The summed E-state index contributed by atoms with van der Waals surface area (Å²) in [5, 5.41) is 7.25. The Balaban J connectivity index is 1.45. The minimum absolute atomic E-state index is 0.00886. The van der Waals surface area contributed by atoms with E-state index in [1.165, 1.54) is 12.1 Å². The van der Waals surface area contributed by atoms with Crippen molar-refractivity contribution in [3.8, 4) is 5.75 Å². The minimum atomic E-state index is -0.322. The number of rotatable bonds is 6. The lowest BCUT2D eigenvalue weighted by Gasteiger charge is -2.27. The molecule has 0 fully saturated rings. The smallest absolute Gasteiger partial charge is 0.272 e. The molecule has 8 heteroatoms. The predicted molar refractivity (Wildman–Crippen MR) is 117 cm³/mol. The molecule has 3 aromatic rings. The summed E-state index contributed by atoms with van der Waals surface area (Å²) in [6, 6.07) is 13.4. The van der Waals surface area contributed by atoms with Crippen LogP contribution in [0.5, 0.6) is 5.75 Å². The summed E-state index contributed by atoms with van der Waals surface area (Å²) in [7, 11) is 3.40. The maximum absolute atomic E-state index is 13.1. The van der Waals surface area contributed by atoms with Gasteiger partial charge in [0.05, 0.1) is 13.5 Å². The zero-order chi connectivity index (χ0) is 22.7. The summed E-state index contributed by atoms with van der Waals surface area (Å²) in [6.45, 7) is 1.18. The first-order valence-corrected chi connectivity index (χ1v) is 10.4. The average Bonchev–Trinajstić information content (AvgIpc) is 3.14. The third-order valence-corrected chi connectivity index (χ3v) is 5.67. The van der Waals surface area contributed by atoms with Gasteiger partial charge < -0.3 is 15.0 Å². The highest BCUT2D eigenvalue weighted by Crippen LogP contribution is 2.23. The summed E-state index contributed by atoms with van der Waals surface area (Å²) < 4.78 is 20.0. The molecule has 2 amide bonds. The van der Waals surface area contributed by atoms with E-state index in [0.29, 0.717) is 31.0 Å². The van der Waals surface area contributed by atoms with Crippen LogP contribution >= 0.6 is 0 Å². The summed E-state index contributed by atoms with van der Waals surface area (Å²) in [5.41, 5.74) is 3.73. The minimum Gasteiger partial charge on any atom is -0.497 e. The highest BCUT2D eigenvalue weighted by atomic mass is 19.1. The molecule has 2 aromatic carbocycles. The van der Waals surface area contributed by atoms with Gasteiger partial charge in [0, 0.05) is 44.4 Å². The van der Waals surface area contributed by atoms with Crippen molar-refractivity contribution >= 4 is 11.8 Å². The molecule has 1 aliphatic rings. The molecule has 166 valence electrons. The van der Waals surface area contributed by atoms with Crippen LogP contribution in [0.15, 0.2) is 48.5 Å². The highest BCUT2D eigenvalue weighted by molar-refractivity contribution is 5.94. The molecule has 0 unspecified atom stereocenters. The van der Waals surface area contributed by atoms with Gasteiger partial charge in [-0.05, 0) is 35.4 Å². The highest BCUT2D eigenvalue weighted by Gasteiger charge is 2.29. The second-order valence-electron chi connectivity index (χ2n) is 7.80. The second-order valence-corrected chi connectivity index (χ2v) is 7.80. The normalized spacial score (nSPS) is 12.9. The van der Waals surface area contributed by atoms with Crippen LogP contribution in [0, 0.1) is 5.82 Å². The molecule has 0 spiro atoms. The van der Waals surface area contributed by atoms with Gasteiger partial charge in [-0.15, -0.1) is 0 Å². The Kier molecular flexibility index (Phi) is 6.20. The number of aromatic nitrogens is 2. The number of fused-ring (bicyclic) bond motifs is 1. The molecule has 0 bridgehead atoms. The fraction of sp³-hybridized carbons (Fsp3) is 0.292. The molecular weight excluding hydrogens is 411 g/mol. The molecule has 1 aromatic heterocycles. The van der Waals surface area contributed by atoms with Crippen LogP contribution in [-0.4, -0.2) is 40.1 Å². The number of hydrogen-bond acceptors (Lipinski definition) is 4. The van der Waals surface area contributed by atoms with Crippen molar-refractivity contribution in [1.29, 1.82) is 0 Å². The van der Waals surface area contributed by atoms with E-state index in [4.69, 9.17) is 4.74 Å². The van der Waals surface area contributed by atoms with Gasteiger partial charge in [-0.25, -0.2) is 4.39 Å². The van der Waals surface area contributed by atoms with Crippen molar-refractivity contribution in [3.63, 3.8) is 0 Å². The van der Waals surface area contributed by atoms with Crippen LogP contribution in [0.25, 0.3) is 0 Å². The first-order chi connectivity index (χ1) is 15.4. The molecule has 0 aliphatic carbocycles. The van der Waals surface area contributed by atoms with E-state index in [-0.39, 0.29) is 30.6 Å². The largest absolute Gasteiger partial charge is 0.497 e. The van der Waals surface area contributed by atoms with Crippen LogP contribution in [-0.2, 0) is 37.8 Å². The molecule has 1 aliphatic heterocycles. The first-order valence-electron chi connectivity index (χ1n) is 10.4. The number of nitrogens with zero attached hydrogens (tertiary/aromatic N) is 3. The summed E-state index contributed by atoms with van der Waals surface area (Å²) >= 11 is 0. The van der Waals surface area contributed by atoms with Gasteiger partial charge in [0.1, 0.15) is 11.6 Å². The Morgan fingerprint density at radius 2 is 1.94 bits per heavy atom. The van der Waals surface area contributed by atoms with Gasteiger partial charge >= 0.3 is 0 Å². The van der Waals surface area contributed by atoms with E-state index in [9.17, 15) is 14.0 Å². The third-order valence-electron chi connectivity index (χ3n) is 5.67. The first kappa shape index (κ1) is 21.5. The lowest BCUT2D eigenvalue weighted by molar-refractivity contribution is -0.131. The molecule has 1 N–H and O–H groups in total. The van der Waals surface area contributed by atoms with Crippen LogP contribution in [0.1, 0.15) is 32.9 Å². The summed E-state index contributed by atoms with van der Waals surface area (Å²) in [4.78, 5) is 27.5. The monoisotopic (exact) mass is 436 g/mol. The molecule has 0 saturated carbocycles. The van der Waals surface area contributed by atoms with Crippen LogP contribution in [0.2, 0.25) is 0 Å². The molecule has 2 heterocycles. The van der Waals surface area contributed by atoms with Crippen molar-refractivity contribution in [2.24, 2.45) is 7.05 Å². The van der Waals surface area contributed by atoms with Crippen molar-refractivity contribution in [1.82, 2.24) is 20.0 Å². The number of amides is 2. The van der Waals surface area contributed by atoms with Gasteiger partial charge in [0.2, 0.25) is 5.91 Å². The summed E-state index contributed by atoms with van der Waals surface area (Å²) in [5.74, 6) is 0.0693. The Bertz CT molecular complexity index is 1140. The van der Waals surface area contributed by atoms with E-state index in [1.807, 2.05) is 31.3 Å². The SMILES string of the molecule is COc1cccc(CC(=O)N2CCc3c(c(C(=O)NCc4ccc(F)cc4)nn3C)C2)c1. The maximum Gasteiger partial charge on any atom is 0.272 e. The van der Waals surface area contributed by atoms with Crippen molar-refractivity contribution in [3.05, 3.63) is 82.4 Å². The number of carbonyl (C=O) groups excluding carboxylic acids is 2. The predicted octanol–water partition coefficient (Wildman–Crippen LogP) is 2.63. The molecule has 0 saturated heterocycles. The van der Waals surface area contributed by atoms with Crippen LogP contribution in [0.4, 0.5) is 4.39 Å². The standard InChI is InChI=1S/C24H25FN4O3/c1-28-21-10-11-29(22(30)13-17-4-3-5-19(12-17)32-2)15-20(21)23(27-28)24(31)26-14-16-6-8-18(25)9-7-16/h3-9,12H,10-11,13-15H2,1-2H3,(H,26,31). The van der Waals surface area contributed by atoms with Crippen molar-refractivity contribution in [2.75, 3.05) is 13.7 Å². The van der Waals surface area contributed by atoms with Gasteiger partial charge in [0.25, 0.3) is 5.91 Å². The quantitative estimate of drug-likeness (QED) is 0.645. The Morgan fingerprint density at radius 1 is 1.16 bits per heavy atom. The van der Waals surface area contributed by atoms with Crippen molar-refractivity contribution < 1.29 is 18.7 Å². The molecule has 32 heavy (non-hydrogen) atoms. The lowest BCUT2D eigenvalue weighted by Crippen LogP contribution is -2.38. The lowest BCUT2D eigenvalue weighted by atomic mass is 10.0. The average molecular weight is 436 g/mol. The van der Waals surface area contributed by atoms with Gasteiger partial charge in [0.15, 0.2) is 5.69 Å². The van der Waals surface area contributed by atoms with E-state index in [0.717, 1.165) is 22.4 Å².